The third-order valence-corrected chi connectivity index (χ3v) is 3.79. The lowest BCUT2D eigenvalue weighted by atomic mass is 9.69. The van der Waals surface area contributed by atoms with E-state index in [0.29, 0.717) is 6.61 Å². The van der Waals surface area contributed by atoms with Crippen molar-refractivity contribution in [1.82, 2.24) is 0 Å². The first-order valence-corrected chi connectivity index (χ1v) is 5.90. The van der Waals surface area contributed by atoms with Crippen LogP contribution in [0.5, 0.6) is 5.75 Å². The minimum atomic E-state index is -0.348. The van der Waals surface area contributed by atoms with Gasteiger partial charge in [0.05, 0.1) is 5.60 Å². The fourth-order valence-corrected chi connectivity index (χ4v) is 1.71. The third-order valence-electron chi connectivity index (χ3n) is 3.79. The molecule has 0 spiro atoms. The van der Waals surface area contributed by atoms with Gasteiger partial charge >= 0.3 is 7.12 Å². The summed E-state index contributed by atoms with van der Waals surface area (Å²) >= 11 is 0. The highest BCUT2D eigenvalue weighted by atomic mass is 16.6. The van der Waals surface area contributed by atoms with Crippen molar-refractivity contribution in [2.45, 2.75) is 33.3 Å². The molecule has 0 aromatic heterocycles. The molecule has 1 aromatic rings. The van der Waals surface area contributed by atoms with Crippen molar-refractivity contribution < 1.29 is 14.4 Å². The quantitative estimate of drug-likeness (QED) is 0.754. The number of aromatic hydroxyl groups is 1. The van der Waals surface area contributed by atoms with Crippen molar-refractivity contribution in [2.75, 3.05) is 6.61 Å². The molecule has 0 aliphatic carbocycles. The summed E-state index contributed by atoms with van der Waals surface area (Å²) in [5.41, 5.74) is 0.681. The molecule has 4 heteroatoms. The normalized spacial score (nSPS) is 22.5. The summed E-state index contributed by atoms with van der Waals surface area (Å²) < 4.78 is 11.8. The Kier molecular flexibility index (Phi) is 2.96. The standard InChI is InChI=1S/C13H19BO3/c1-12(2)9-16-14(17-13(12,3)4)10-5-7-11(15)8-6-10/h5-8,15H,9H2,1-4H3. The zero-order valence-electron chi connectivity index (χ0n) is 10.9. The summed E-state index contributed by atoms with van der Waals surface area (Å²) in [5, 5.41) is 9.26. The van der Waals surface area contributed by atoms with Gasteiger partial charge in [0, 0.05) is 12.0 Å². The van der Waals surface area contributed by atoms with Crippen LogP contribution in [0.1, 0.15) is 27.7 Å². The largest absolute Gasteiger partial charge is 0.508 e. The summed E-state index contributed by atoms with van der Waals surface area (Å²) in [6.07, 6.45) is 0. The van der Waals surface area contributed by atoms with Gasteiger partial charge in [-0.15, -0.1) is 0 Å². The molecule has 0 amide bonds. The van der Waals surface area contributed by atoms with Crippen LogP contribution in [-0.2, 0) is 9.31 Å². The van der Waals surface area contributed by atoms with Gasteiger partial charge in [0.15, 0.2) is 0 Å². The first-order valence-electron chi connectivity index (χ1n) is 5.90. The van der Waals surface area contributed by atoms with Crippen LogP contribution in [0.15, 0.2) is 24.3 Å². The maximum atomic E-state index is 9.26. The topological polar surface area (TPSA) is 38.7 Å². The second kappa shape index (κ2) is 4.04. The van der Waals surface area contributed by atoms with Gasteiger partial charge in [0.1, 0.15) is 5.75 Å². The van der Waals surface area contributed by atoms with Crippen LogP contribution in [0.3, 0.4) is 0 Å². The van der Waals surface area contributed by atoms with E-state index in [2.05, 4.69) is 27.7 Å². The van der Waals surface area contributed by atoms with Gasteiger partial charge in [0.25, 0.3) is 0 Å². The van der Waals surface area contributed by atoms with E-state index in [0.717, 1.165) is 5.46 Å². The van der Waals surface area contributed by atoms with Gasteiger partial charge in [-0.25, -0.2) is 0 Å². The average molecular weight is 234 g/mol. The minimum absolute atomic E-state index is 0.0135. The molecule has 2 rings (SSSR count). The van der Waals surface area contributed by atoms with Crippen molar-refractivity contribution in [3.8, 4) is 5.75 Å². The van der Waals surface area contributed by atoms with Gasteiger partial charge in [-0.05, 0) is 31.4 Å². The SMILES string of the molecule is CC1(C)COB(c2ccc(O)cc2)OC1(C)C. The van der Waals surface area contributed by atoms with Crippen LogP contribution in [0.25, 0.3) is 0 Å². The van der Waals surface area contributed by atoms with Gasteiger partial charge in [-0.3, -0.25) is 0 Å². The summed E-state index contributed by atoms with van der Waals surface area (Å²) in [6.45, 7) is 9.11. The lowest BCUT2D eigenvalue weighted by molar-refractivity contribution is -0.0937. The van der Waals surface area contributed by atoms with E-state index in [1.165, 1.54) is 0 Å². The summed E-state index contributed by atoms with van der Waals surface area (Å²) in [5.74, 6) is 0.254. The highest BCUT2D eigenvalue weighted by Crippen LogP contribution is 2.37. The lowest BCUT2D eigenvalue weighted by Gasteiger charge is -2.47. The highest BCUT2D eigenvalue weighted by molar-refractivity contribution is 6.61. The van der Waals surface area contributed by atoms with E-state index in [1.54, 1.807) is 12.1 Å². The maximum Gasteiger partial charge on any atom is 0.494 e. The van der Waals surface area contributed by atoms with Gasteiger partial charge < -0.3 is 14.4 Å². The van der Waals surface area contributed by atoms with Crippen LogP contribution in [0.2, 0.25) is 0 Å². The summed E-state index contributed by atoms with van der Waals surface area (Å²) in [4.78, 5) is 0. The second-order valence-electron chi connectivity index (χ2n) is 5.75. The van der Waals surface area contributed by atoms with Crippen molar-refractivity contribution in [3.63, 3.8) is 0 Å². The molecule has 0 radical (unpaired) electrons. The second-order valence-corrected chi connectivity index (χ2v) is 5.75. The van der Waals surface area contributed by atoms with Crippen molar-refractivity contribution in [1.29, 1.82) is 0 Å². The molecule has 1 N–H and O–H groups in total. The Morgan fingerprint density at radius 2 is 1.71 bits per heavy atom. The number of benzene rings is 1. The summed E-state index contributed by atoms with van der Waals surface area (Å²) in [6, 6.07) is 6.95. The van der Waals surface area contributed by atoms with Crippen molar-refractivity contribution >= 4 is 12.6 Å². The molecule has 1 fully saturated rings. The van der Waals surface area contributed by atoms with Gasteiger partial charge in [0.2, 0.25) is 0 Å². The smallest absolute Gasteiger partial charge is 0.494 e. The molecule has 0 saturated carbocycles. The van der Waals surface area contributed by atoms with E-state index >= 15 is 0 Å². The van der Waals surface area contributed by atoms with Crippen LogP contribution in [-0.4, -0.2) is 24.4 Å². The molecule has 1 heterocycles. The molecular weight excluding hydrogens is 215 g/mol. The molecule has 17 heavy (non-hydrogen) atoms. The average Bonchev–Trinajstić information content (AvgIpc) is 2.23. The molecule has 1 aromatic carbocycles. The molecule has 0 unspecified atom stereocenters. The molecule has 1 aliphatic heterocycles. The fraction of sp³-hybridized carbons (Fsp3) is 0.538. The Morgan fingerprint density at radius 1 is 1.12 bits per heavy atom. The number of rotatable bonds is 1. The Morgan fingerprint density at radius 3 is 2.24 bits per heavy atom. The molecule has 3 nitrogen and oxygen atoms in total. The number of phenols is 1. The van der Waals surface area contributed by atoms with Gasteiger partial charge in [-0.1, -0.05) is 26.0 Å². The Balaban J connectivity index is 2.18. The van der Waals surface area contributed by atoms with Gasteiger partial charge in [-0.2, -0.15) is 0 Å². The van der Waals surface area contributed by atoms with E-state index in [4.69, 9.17) is 9.31 Å². The predicted octanol–water partition coefficient (Wildman–Crippen LogP) is 1.94. The van der Waals surface area contributed by atoms with Crippen molar-refractivity contribution in [2.24, 2.45) is 5.41 Å². The molecular formula is C13H19BO3. The van der Waals surface area contributed by atoms with Crippen LogP contribution >= 0.6 is 0 Å². The highest BCUT2D eigenvalue weighted by Gasteiger charge is 2.46. The third kappa shape index (κ3) is 2.33. The fourth-order valence-electron chi connectivity index (χ4n) is 1.71. The lowest BCUT2D eigenvalue weighted by Crippen LogP contribution is -2.58. The first-order chi connectivity index (χ1) is 7.82. The molecule has 92 valence electrons. The van der Waals surface area contributed by atoms with Crippen LogP contribution < -0.4 is 5.46 Å². The zero-order valence-corrected chi connectivity index (χ0v) is 10.9. The Bertz CT molecular complexity index is 398. The number of hydrogen-bond acceptors (Lipinski definition) is 3. The molecule has 1 aliphatic rings. The van der Waals surface area contributed by atoms with E-state index in [1.807, 2.05) is 12.1 Å². The minimum Gasteiger partial charge on any atom is -0.508 e. The number of phenolic OH excluding ortho intramolecular Hbond substituents is 1. The van der Waals surface area contributed by atoms with Crippen molar-refractivity contribution in [3.05, 3.63) is 24.3 Å². The molecule has 0 atom stereocenters. The molecule has 0 bridgehead atoms. The van der Waals surface area contributed by atoms with E-state index < -0.39 is 0 Å². The maximum absolute atomic E-state index is 9.26. The first kappa shape index (κ1) is 12.5. The monoisotopic (exact) mass is 234 g/mol. The predicted molar refractivity (Wildman–Crippen MR) is 68.4 cm³/mol. The summed E-state index contributed by atoms with van der Waals surface area (Å²) in [7, 11) is -0.348. The Labute approximate surface area is 103 Å². The van der Waals surface area contributed by atoms with Crippen LogP contribution in [0, 0.1) is 5.41 Å². The van der Waals surface area contributed by atoms with Crippen LogP contribution in [0.4, 0.5) is 0 Å². The Hall–Kier alpha value is -0.995. The van der Waals surface area contributed by atoms with E-state index in [-0.39, 0.29) is 23.9 Å². The zero-order chi connectivity index (χ0) is 12.7. The van der Waals surface area contributed by atoms with E-state index in [9.17, 15) is 5.11 Å². The number of hydrogen-bond donors (Lipinski definition) is 1. The molecule has 1 saturated heterocycles.